The van der Waals surface area contributed by atoms with Crippen molar-refractivity contribution in [2.75, 3.05) is 18.6 Å². The quantitative estimate of drug-likeness (QED) is 0.646. The number of hydrogen-bond acceptors (Lipinski definition) is 3. The zero-order valence-electron chi connectivity index (χ0n) is 15.6. The number of aryl methyl sites for hydroxylation is 3. The van der Waals surface area contributed by atoms with Gasteiger partial charge in [-0.1, -0.05) is 43.7 Å². The van der Waals surface area contributed by atoms with Gasteiger partial charge in [-0.05, 0) is 60.6 Å². The van der Waals surface area contributed by atoms with Crippen LogP contribution in [0.4, 0.5) is 0 Å². The van der Waals surface area contributed by atoms with Gasteiger partial charge in [0.25, 0.3) is 0 Å². The average molecular weight is 361 g/mol. The lowest BCUT2D eigenvalue weighted by atomic mass is 9.91. The van der Waals surface area contributed by atoms with Crippen molar-refractivity contribution in [1.29, 1.82) is 0 Å². The molecule has 2 rings (SSSR count). The molecule has 0 aliphatic carbocycles. The maximum absolute atomic E-state index is 11.2. The summed E-state index contributed by atoms with van der Waals surface area (Å²) in [5, 5.41) is 0. The van der Waals surface area contributed by atoms with E-state index in [2.05, 4.69) is 57.2 Å². The average Bonchev–Trinajstić information content (AvgIpc) is 2.57. The van der Waals surface area contributed by atoms with E-state index in [0.717, 1.165) is 18.6 Å². The van der Waals surface area contributed by atoms with Crippen LogP contribution in [0.2, 0.25) is 0 Å². The summed E-state index contributed by atoms with van der Waals surface area (Å²) in [6.45, 7) is 6.84. The number of rotatable bonds is 8. The molecule has 0 aromatic heterocycles. The molecule has 0 amide bonds. The molecule has 25 heavy (non-hydrogen) atoms. The zero-order chi connectivity index (χ0) is 18.4. The Labute approximate surface area is 152 Å². The largest absolute Gasteiger partial charge is 0.494 e. The standard InChI is InChI=1S/C21H28O3S/c1-5-17-14-20(24-11-8-12-25(4,22)23)15-18(6-2)21(17)19-10-7-9-16(3)13-19/h7,9-10,13-15H,5-6,8,11-12H2,1-4H3. The van der Waals surface area contributed by atoms with Gasteiger partial charge in [0.15, 0.2) is 0 Å². The topological polar surface area (TPSA) is 43.4 Å². The van der Waals surface area contributed by atoms with E-state index >= 15 is 0 Å². The minimum atomic E-state index is -2.93. The lowest BCUT2D eigenvalue weighted by Crippen LogP contribution is -2.08. The molecule has 0 fully saturated rings. The molecule has 4 heteroatoms. The van der Waals surface area contributed by atoms with Crippen LogP contribution < -0.4 is 4.74 Å². The highest BCUT2D eigenvalue weighted by Gasteiger charge is 2.12. The first kappa shape index (κ1) is 19.5. The molecule has 0 N–H and O–H groups in total. The van der Waals surface area contributed by atoms with Gasteiger partial charge in [0.2, 0.25) is 0 Å². The molecule has 0 saturated carbocycles. The molecule has 0 aliphatic rings. The van der Waals surface area contributed by atoms with Gasteiger partial charge in [0.1, 0.15) is 15.6 Å². The van der Waals surface area contributed by atoms with Crippen LogP contribution in [0.25, 0.3) is 11.1 Å². The fraction of sp³-hybridized carbons (Fsp3) is 0.429. The fourth-order valence-electron chi connectivity index (χ4n) is 3.06. The van der Waals surface area contributed by atoms with E-state index in [-0.39, 0.29) is 5.75 Å². The number of hydrogen-bond donors (Lipinski definition) is 0. The van der Waals surface area contributed by atoms with E-state index in [9.17, 15) is 8.42 Å². The Bertz CT molecular complexity index is 798. The van der Waals surface area contributed by atoms with E-state index in [4.69, 9.17) is 4.74 Å². The number of sulfone groups is 1. The molecule has 0 radical (unpaired) electrons. The molecule has 0 spiro atoms. The zero-order valence-corrected chi connectivity index (χ0v) is 16.4. The predicted octanol–water partition coefficient (Wildman–Crippen LogP) is 4.60. The third-order valence-corrected chi connectivity index (χ3v) is 5.30. The van der Waals surface area contributed by atoms with Gasteiger partial charge in [-0.3, -0.25) is 0 Å². The summed E-state index contributed by atoms with van der Waals surface area (Å²) in [6, 6.07) is 12.8. The highest BCUT2D eigenvalue weighted by molar-refractivity contribution is 7.90. The Kier molecular flexibility index (Phi) is 6.65. The summed E-state index contributed by atoms with van der Waals surface area (Å²) in [5.41, 5.74) is 6.34. The van der Waals surface area contributed by atoms with Crippen LogP contribution in [-0.4, -0.2) is 27.0 Å². The molecule has 3 nitrogen and oxygen atoms in total. The molecule has 0 aliphatic heterocycles. The lowest BCUT2D eigenvalue weighted by Gasteiger charge is -2.17. The molecule has 2 aromatic rings. The van der Waals surface area contributed by atoms with Crippen molar-refractivity contribution < 1.29 is 13.2 Å². The van der Waals surface area contributed by atoms with Crippen LogP contribution in [0, 0.1) is 6.92 Å². The van der Waals surface area contributed by atoms with Crippen LogP contribution in [0.5, 0.6) is 5.75 Å². The monoisotopic (exact) mass is 360 g/mol. The second kappa shape index (κ2) is 8.52. The smallest absolute Gasteiger partial charge is 0.147 e. The summed E-state index contributed by atoms with van der Waals surface area (Å²) < 4.78 is 28.3. The van der Waals surface area contributed by atoms with Crippen LogP contribution >= 0.6 is 0 Å². The highest BCUT2D eigenvalue weighted by Crippen LogP contribution is 2.33. The van der Waals surface area contributed by atoms with Crippen molar-refractivity contribution in [1.82, 2.24) is 0 Å². The van der Waals surface area contributed by atoms with Crippen LogP contribution in [0.15, 0.2) is 36.4 Å². The van der Waals surface area contributed by atoms with E-state index in [1.165, 1.54) is 34.1 Å². The van der Waals surface area contributed by atoms with Crippen molar-refractivity contribution >= 4 is 9.84 Å². The first-order valence-corrected chi connectivity index (χ1v) is 10.9. The van der Waals surface area contributed by atoms with Crippen molar-refractivity contribution in [3.05, 3.63) is 53.1 Å². The molecule has 0 atom stereocenters. The van der Waals surface area contributed by atoms with Crippen molar-refractivity contribution in [2.45, 2.75) is 40.0 Å². The summed E-state index contributed by atoms with van der Waals surface area (Å²) >= 11 is 0. The van der Waals surface area contributed by atoms with Gasteiger partial charge in [0.05, 0.1) is 12.4 Å². The first-order valence-electron chi connectivity index (χ1n) is 8.87. The predicted molar refractivity (Wildman–Crippen MR) is 105 cm³/mol. The highest BCUT2D eigenvalue weighted by atomic mass is 32.2. The minimum absolute atomic E-state index is 0.162. The summed E-state index contributed by atoms with van der Waals surface area (Å²) in [5.74, 6) is 0.994. The van der Waals surface area contributed by atoms with Crippen LogP contribution in [0.1, 0.15) is 37.0 Å². The number of benzene rings is 2. The fourth-order valence-corrected chi connectivity index (χ4v) is 3.70. The van der Waals surface area contributed by atoms with Crippen molar-refractivity contribution in [3.8, 4) is 16.9 Å². The number of ether oxygens (including phenoxy) is 1. The molecule has 136 valence electrons. The summed E-state index contributed by atoms with van der Waals surface area (Å²) in [7, 11) is -2.93. The molecule has 0 saturated heterocycles. The Morgan fingerprint density at radius 2 is 1.64 bits per heavy atom. The third-order valence-electron chi connectivity index (χ3n) is 4.27. The Morgan fingerprint density at radius 3 is 2.16 bits per heavy atom. The van der Waals surface area contributed by atoms with Crippen LogP contribution in [0.3, 0.4) is 0 Å². The normalized spacial score (nSPS) is 11.5. The molecule has 0 bridgehead atoms. The second-order valence-electron chi connectivity index (χ2n) is 6.52. The molecule has 0 heterocycles. The Morgan fingerprint density at radius 1 is 1.00 bits per heavy atom. The second-order valence-corrected chi connectivity index (χ2v) is 8.78. The molecule has 0 unspecified atom stereocenters. The minimum Gasteiger partial charge on any atom is -0.494 e. The first-order chi connectivity index (χ1) is 11.8. The summed E-state index contributed by atoms with van der Waals surface area (Å²) in [6.07, 6.45) is 3.63. The summed E-state index contributed by atoms with van der Waals surface area (Å²) in [4.78, 5) is 0. The van der Waals surface area contributed by atoms with Gasteiger partial charge in [0, 0.05) is 6.26 Å². The van der Waals surface area contributed by atoms with Crippen LogP contribution in [-0.2, 0) is 22.7 Å². The lowest BCUT2D eigenvalue weighted by molar-refractivity contribution is 0.317. The maximum atomic E-state index is 11.2. The maximum Gasteiger partial charge on any atom is 0.147 e. The van der Waals surface area contributed by atoms with E-state index in [1.54, 1.807) is 0 Å². The third kappa shape index (κ3) is 5.60. The molecular formula is C21H28O3S. The van der Waals surface area contributed by atoms with E-state index in [0.29, 0.717) is 13.0 Å². The van der Waals surface area contributed by atoms with Gasteiger partial charge >= 0.3 is 0 Å². The van der Waals surface area contributed by atoms with Gasteiger partial charge < -0.3 is 4.74 Å². The van der Waals surface area contributed by atoms with Gasteiger partial charge in [-0.15, -0.1) is 0 Å². The van der Waals surface area contributed by atoms with E-state index in [1.807, 2.05) is 0 Å². The Hall–Kier alpha value is -1.81. The van der Waals surface area contributed by atoms with Crippen molar-refractivity contribution in [3.63, 3.8) is 0 Å². The Balaban J connectivity index is 2.28. The van der Waals surface area contributed by atoms with Gasteiger partial charge in [-0.25, -0.2) is 8.42 Å². The SMILES string of the molecule is CCc1cc(OCCCS(C)(=O)=O)cc(CC)c1-c1cccc(C)c1. The molecular weight excluding hydrogens is 332 g/mol. The van der Waals surface area contributed by atoms with Gasteiger partial charge in [-0.2, -0.15) is 0 Å². The van der Waals surface area contributed by atoms with Crippen molar-refractivity contribution in [2.24, 2.45) is 0 Å². The molecule has 2 aromatic carbocycles. The van der Waals surface area contributed by atoms with E-state index < -0.39 is 9.84 Å².